The monoisotopic (exact) mass is 363 g/mol. The zero-order chi connectivity index (χ0) is 16.9. The SMILES string of the molecule is O=C(N/N=C/c1cccnc1)C1CC(c2ccc(Cl)cc2Cl)NN1. The molecule has 2 heterocycles. The van der Waals surface area contributed by atoms with Crippen molar-refractivity contribution in [2.75, 3.05) is 0 Å². The second-order valence-electron chi connectivity index (χ2n) is 5.32. The van der Waals surface area contributed by atoms with Crippen LogP contribution in [0, 0.1) is 0 Å². The number of benzene rings is 1. The lowest BCUT2D eigenvalue weighted by Crippen LogP contribution is -2.41. The van der Waals surface area contributed by atoms with Crippen LogP contribution in [0.2, 0.25) is 10.0 Å². The van der Waals surface area contributed by atoms with Gasteiger partial charge in [0, 0.05) is 34.0 Å². The Morgan fingerprint density at radius 2 is 2.21 bits per heavy atom. The molecule has 1 aliphatic rings. The molecule has 1 aliphatic heterocycles. The first-order valence-electron chi connectivity index (χ1n) is 7.32. The Bertz CT molecular complexity index is 753. The first kappa shape index (κ1) is 16.9. The predicted molar refractivity (Wildman–Crippen MR) is 93.9 cm³/mol. The largest absolute Gasteiger partial charge is 0.271 e. The molecule has 6 nitrogen and oxygen atoms in total. The number of nitrogens with zero attached hydrogens (tertiary/aromatic N) is 2. The van der Waals surface area contributed by atoms with Crippen LogP contribution < -0.4 is 16.3 Å². The zero-order valence-corrected chi connectivity index (χ0v) is 14.1. The molecule has 1 saturated heterocycles. The number of nitrogens with one attached hydrogen (secondary N) is 3. The van der Waals surface area contributed by atoms with Gasteiger partial charge in [0.15, 0.2) is 0 Å². The molecule has 0 spiro atoms. The van der Waals surface area contributed by atoms with Crippen LogP contribution in [-0.4, -0.2) is 23.1 Å². The summed E-state index contributed by atoms with van der Waals surface area (Å²) in [5.41, 5.74) is 10.2. The lowest BCUT2D eigenvalue weighted by atomic mass is 10.0. The van der Waals surface area contributed by atoms with Crippen molar-refractivity contribution < 1.29 is 4.79 Å². The molecule has 3 N–H and O–H groups in total. The summed E-state index contributed by atoms with van der Waals surface area (Å²) in [4.78, 5) is 16.1. The van der Waals surface area contributed by atoms with Crippen LogP contribution in [-0.2, 0) is 4.79 Å². The van der Waals surface area contributed by atoms with Gasteiger partial charge in [0.1, 0.15) is 6.04 Å². The van der Waals surface area contributed by atoms with E-state index in [-0.39, 0.29) is 11.9 Å². The van der Waals surface area contributed by atoms with Crippen LogP contribution in [0.5, 0.6) is 0 Å². The lowest BCUT2D eigenvalue weighted by molar-refractivity contribution is -0.122. The van der Waals surface area contributed by atoms with Gasteiger partial charge >= 0.3 is 0 Å². The molecule has 3 rings (SSSR count). The molecular weight excluding hydrogens is 349 g/mol. The fourth-order valence-corrected chi connectivity index (χ4v) is 2.96. The molecule has 2 aromatic rings. The topological polar surface area (TPSA) is 78.4 Å². The quantitative estimate of drug-likeness (QED) is 0.575. The summed E-state index contributed by atoms with van der Waals surface area (Å²) >= 11 is 12.1. The van der Waals surface area contributed by atoms with E-state index in [1.165, 1.54) is 0 Å². The summed E-state index contributed by atoms with van der Waals surface area (Å²) in [7, 11) is 0. The van der Waals surface area contributed by atoms with Gasteiger partial charge in [0.05, 0.1) is 6.21 Å². The van der Waals surface area contributed by atoms with E-state index < -0.39 is 6.04 Å². The summed E-state index contributed by atoms with van der Waals surface area (Å²) in [6.45, 7) is 0. The third kappa shape index (κ3) is 4.10. The Kier molecular flexibility index (Phi) is 5.42. The van der Waals surface area contributed by atoms with E-state index in [1.54, 1.807) is 36.8 Å². The zero-order valence-electron chi connectivity index (χ0n) is 12.5. The standard InChI is InChI=1S/C16H15Cl2N5O/c17-11-3-4-12(13(18)6-11)14-7-15(22-21-14)16(24)23-20-9-10-2-1-5-19-8-10/h1-6,8-9,14-15,21-22H,7H2,(H,23,24)/b20-9+. The first-order chi connectivity index (χ1) is 11.6. The molecule has 124 valence electrons. The second kappa shape index (κ2) is 7.72. The Morgan fingerprint density at radius 3 is 2.96 bits per heavy atom. The van der Waals surface area contributed by atoms with Gasteiger partial charge in [-0.15, -0.1) is 0 Å². The highest BCUT2D eigenvalue weighted by Crippen LogP contribution is 2.30. The number of rotatable bonds is 4. The van der Waals surface area contributed by atoms with Crippen molar-refractivity contribution >= 4 is 35.3 Å². The van der Waals surface area contributed by atoms with Crippen molar-refractivity contribution in [3.63, 3.8) is 0 Å². The number of carbonyl (C=O) groups is 1. The van der Waals surface area contributed by atoms with Gasteiger partial charge in [-0.2, -0.15) is 5.10 Å². The Balaban J connectivity index is 1.57. The maximum Gasteiger partial charge on any atom is 0.258 e. The maximum absolute atomic E-state index is 12.2. The van der Waals surface area contributed by atoms with Gasteiger partial charge in [0.2, 0.25) is 0 Å². The van der Waals surface area contributed by atoms with Crippen LogP contribution in [0.3, 0.4) is 0 Å². The van der Waals surface area contributed by atoms with E-state index in [9.17, 15) is 4.79 Å². The van der Waals surface area contributed by atoms with Gasteiger partial charge in [-0.3, -0.25) is 9.78 Å². The minimum atomic E-state index is -0.409. The van der Waals surface area contributed by atoms with Crippen molar-refractivity contribution in [1.82, 2.24) is 21.3 Å². The number of hydrogen-bond acceptors (Lipinski definition) is 5. The minimum Gasteiger partial charge on any atom is -0.271 e. The second-order valence-corrected chi connectivity index (χ2v) is 6.16. The molecular formula is C16H15Cl2N5O. The highest BCUT2D eigenvalue weighted by atomic mass is 35.5. The average molecular weight is 364 g/mol. The van der Waals surface area contributed by atoms with E-state index in [2.05, 4.69) is 26.4 Å². The van der Waals surface area contributed by atoms with E-state index in [0.29, 0.717) is 16.5 Å². The molecule has 8 heteroatoms. The molecule has 0 aliphatic carbocycles. The van der Waals surface area contributed by atoms with Crippen molar-refractivity contribution in [2.24, 2.45) is 5.10 Å². The highest BCUT2D eigenvalue weighted by molar-refractivity contribution is 6.35. The normalized spacial score (nSPS) is 20.4. The molecule has 2 unspecified atom stereocenters. The smallest absolute Gasteiger partial charge is 0.258 e. The average Bonchev–Trinajstić information content (AvgIpc) is 3.05. The number of halogens is 2. The molecule has 1 aromatic heterocycles. The summed E-state index contributed by atoms with van der Waals surface area (Å²) < 4.78 is 0. The van der Waals surface area contributed by atoms with Crippen LogP contribution in [0.4, 0.5) is 0 Å². The number of carbonyl (C=O) groups excluding carboxylic acids is 1. The van der Waals surface area contributed by atoms with Crippen molar-refractivity contribution in [3.05, 3.63) is 63.9 Å². The number of hydrazone groups is 1. The fraction of sp³-hybridized carbons (Fsp3) is 0.188. The third-order valence-corrected chi connectivity index (χ3v) is 4.19. The summed E-state index contributed by atoms with van der Waals surface area (Å²) in [6.07, 6.45) is 5.42. The van der Waals surface area contributed by atoms with Crippen molar-refractivity contribution in [2.45, 2.75) is 18.5 Å². The summed E-state index contributed by atoms with van der Waals surface area (Å²) in [5, 5.41) is 5.08. The molecule has 0 bridgehead atoms. The maximum atomic E-state index is 12.2. The van der Waals surface area contributed by atoms with E-state index >= 15 is 0 Å². The highest BCUT2D eigenvalue weighted by Gasteiger charge is 2.31. The molecule has 1 fully saturated rings. The van der Waals surface area contributed by atoms with Crippen LogP contribution >= 0.6 is 23.2 Å². The Labute approximate surface area is 149 Å². The van der Waals surface area contributed by atoms with Crippen LogP contribution in [0.15, 0.2) is 47.8 Å². The van der Waals surface area contributed by atoms with Crippen LogP contribution in [0.1, 0.15) is 23.6 Å². The Hall–Kier alpha value is -1.99. The van der Waals surface area contributed by atoms with Gasteiger partial charge in [0.25, 0.3) is 5.91 Å². The van der Waals surface area contributed by atoms with Gasteiger partial charge in [-0.05, 0) is 30.2 Å². The van der Waals surface area contributed by atoms with Gasteiger partial charge in [-0.25, -0.2) is 16.3 Å². The predicted octanol–water partition coefficient (Wildman–Crippen LogP) is 2.45. The molecule has 1 amide bonds. The molecule has 2 atom stereocenters. The van der Waals surface area contributed by atoms with E-state index in [0.717, 1.165) is 11.1 Å². The van der Waals surface area contributed by atoms with Crippen molar-refractivity contribution in [3.8, 4) is 0 Å². The van der Waals surface area contributed by atoms with Gasteiger partial charge in [-0.1, -0.05) is 35.3 Å². The van der Waals surface area contributed by atoms with Gasteiger partial charge < -0.3 is 0 Å². The fourth-order valence-electron chi connectivity index (χ4n) is 2.42. The number of aromatic nitrogens is 1. The number of amides is 1. The third-order valence-electron chi connectivity index (χ3n) is 3.63. The van der Waals surface area contributed by atoms with Crippen LogP contribution in [0.25, 0.3) is 0 Å². The lowest BCUT2D eigenvalue weighted by Gasteiger charge is -2.11. The molecule has 0 saturated carbocycles. The first-order valence-corrected chi connectivity index (χ1v) is 8.08. The summed E-state index contributed by atoms with van der Waals surface area (Å²) in [5.74, 6) is -0.227. The van der Waals surface area contributed by atoms with E-state index in [1.807, 2.05) is 12.1 Å². The molecule has 24 heavy (non-hydrogen) atoms. The molecule has 1 aromatic carbocycles. The van der Waals surface area contributed by atoms with E-state index in [4.69, 9.17) is 23.2 Å². The Morgan fingerprint density at radius 1 is 1.33 bits per heavy atom. The number of hydrogen-bond donors (Lipinski definition) is 3. The molecule has 0 radical (unpaired) electrons. The minimum absolute atomic E-state index is 0.0761. The van der Waals surface area contributed by atoms with Crippen molar-refractivity contribution in [1.29, 1.82) is 0 Å². The number of hydrazine groups is 1. The summed E-state index contributed by atoms with van der Waals surface area (Å²) in [6, 6.07) is 8.47. The number of pyridine rings is 1.